The fourth-order valence-corrected chi connectivity index (χ4v) is 5.89. The number of rotatable bonds is 6. The van der Waals surface area contributed by atoms with Gasteiger partial charge in [-0.05, 0) is 68.7 Å². The summed E-state index contributed by atoms with van der Waals surface area (Å²) in [5, 5.41) is 2.71. The van der Waals surface area contributed by atoms with E-state index in [1.807, 2.05) is 45.0 Å². The molecule has 1 atom stereocenters. The van der Waals surface area contributed by atoms with Gasteiger partial charge in [-0.3, -0.25) is 9.10 Å². The maximum Gasteiger partial charge on any atom is 0.338 e. The first-order valence-corrected chi connectivity index (χ1v) is 12.4. The normalized spacial score (nSPS) is 15.0. The Bertz CT molecular complexity index is 1370. The Balaban J connectivity index is 1.47. The van der Waals surface area contributed by atoms with Crippen LogP contribution in [0.5, 0.6) is 0 Å². The Morgan fingerprint density at radius 1 is 1.03 bits per heavy atom. The molecule has 1 aliphatic heterocycles. The Kier molecular flexibility index (Phi) is 6.43. The molecule has 1 aliphatic rings. The lowest BCUT2D eigenvalue weighted by molar-refractivity contribution is -0.119. The molecule has 0 radical (unpaired) electrons. The summed E-state index contributed by atoms with van der Waals surface area (Å²) in [6, 6.07) is 18.4. The zero-order chi connectivity index (χ0) is 24.5. The van der Waals surface area contributed by atoms with Crippen LogP contribution in [0.2, 0.25) is 0 Å². The number of carbonyl (C=O) groups excluding carboxylic acids is 2. The number of fused-ring (bicyclic) bond motifs is 1. The number of carbonyl (C=O) groups is 2. The van der Waals surface area contributed by atoms with Gasteiger partial charge in [0.15, 0.2) is 6.61 Å². The predicted octanol–water partition coefficient (Wildman–Crippen LogP) is 4.24. The summed E-state index contributed by atoms with van der Waals surface area (Å²) in [6.07, 6.45) is 0.618. The van der Waals surface area contributed by atoms with Gasteiger partial charge in [-0.2, -0.15) is 0 Å². The molecular formula is C26H26N2O5S. The van der Waals surface area contributed by atoms with E-state index in [9.17, 15) is 18.0 Å². The number of nitrogens with one attached hydrogen (secondary N) is 1. The van der Waals surface area contributed by atoms with Gasteiger partial charge in [-0.15, -0.1) is 0 Å². The van der Waals surface area contributed by atoms with E-state index in [2.05, 4.69) is 5.32 Å². The van der Waals surface area contributed by atoms with Crippen molar-refractivity contribution in [1.29, 1.82) is 0 Å². The first-order valence-electron chi connectivity index (χ1n) is 10.9. The maximum absolute atomic E-state index is 13.4. The van der Waals surface area contributed by atoms with Crippen molar-refractivity contribution in [1.82, 2.24) is 0 Å². The van der Waals surface area contributed by atoms with E-state index in [0.29, 0.717) is 17.8 Å². The number of hydrogen-bond acceptors (Lipinski definition) is 5. The Hall–Kier alpha value is -3.65. The van der Waals surface area contributed by atoms with E-state index in [4.69, 9.17) is 4.74 Å². The molecular weight excluding hydrogens is 452 g/mol. The number of nitrogens with zero attached hydrogens (tertiary/aromatic N) is 1. The molecule has 0 aromatic heterocycles. The highest BCUT2D eigenvalue weighted by Crippen LogP contribution is 2.36. The van der Waals surface area contributed by atoms with Crippen molar-refractivity contribution in [2.75, 3.05) is 16.2 Å². The summed E-state index contributed by atoms with van der Waals surface area (Å²) >= 11 is 0. The van der Waals surface area contributed by atoms with Gasteiger partial charge in [0.1, 0.15) is 0 Å². The molecule has 7 nitrogen and oxygen atoms in total. The number of sulfonamides is 1. The van der Waals surface area contributed by atoms with Crippen LogP contribution in [-0.2, 0) is 26.0 Å². The van der Waals surface area contributed by atoms with Crippen molar-refractivity contribution in [2.45, 2.75) is 38.1 Å². The zero-order valence-electron chi connectivity index (χ0n) is 19.2. The molecule has 1 heterocycles. The minimum absolute atomic E-state index is 0.00904. The van der Waals surface area contributed by atoms with Crippen molar-refractivity contribution in [2.24, 2.45) is 0 Å². The molecule has 1 amide bonds. The second-order valence-electron chi connectivity index (χ2n) is 8.45. The van der Waals surface area contributed by atoms with Crippen LogP contribution in [-0.4, -0.2) is 32.9 Å². The number of aryl methyl sites for hydroxylation is 2. The minimum Gasteiger partial charge on any atom is -0.452 e. The molecule has 34 heavy (non-hydrogen) atoms. The van der Waals surface area contributed by atoms with Crippen LogP contribution >= 0.6 is 0 Å². The lowest BCUT2D eigenvalue weighted by Gasteiger charge is -2.24. The minimum atomic E-state index is -3.89. The average molecular weight is 479 g/mol. The molecule has 176 valence electrons. The van der Waals surface area contributed by atoms with E-state index >= 15 is 0 Å². The molecule has 0 aliphatic carbocycles. The highest BCUT2D eigenvalue weighted by atomic mass is 32.2. The van der Waals surface area contributed by atoms with Gasteiger partial charge in [0, 0.05) is 11.7 Å². The summed E-state index contributed by atoms with van der Waals surface area (Å²) < 4.78 is 33.4. The Labute approximate surface area is 199 Å². The van der Waals surface area contributed by atoms with Crippen LogP contribution in [0.1, 0.15) is 34.0 Å². The summed E-state index contributed by atoms with van der Waals surface area (Å²) in [6.45, 7) is 5.20. The van der Waals surface area contributed by atoms with Crippen LogP contribution in [0.25, 0.3) is 0 Å². The second kappa shape index (κ2) is 9.30. The third-order valence-corrected chi connectivity index (χ3v) is 7.69. The lowest BCUT2D eigenvalue weighted by Crippen LogP contribution is -2.35. The Morgan fingerprint density at radius 2 is 1.79 bits per heavy atom. The molecule has 4 rings (SSSR count). The predicted molar refractivity (Wildman–Crippen MR) is 131 cm³/mol. The molecule has 0 saturated carbocycles. The van der Waals surface area contributed by atoms with Crippen molar-refractivity contribution >= 4 is 33.3 Å². The molecule has 0 bridgehead atoms. The fourth-order valence-electron chi connectivity index (χ4n) is 4.16. The van der Waals surface area contributed by atoms with Gasteiger partial charge >= 0.3 is 5.97 Å². The van der Waals surface area contributed by atoms with Gasteiger partial charge in [-0.25, -0.2) is 13.2 Å². The van der Waals surface area contributed by atoms with Crippen LogP contribution in [0.4, 0.5) is 11.4 Å². The number of benzene rings is 3. The SMILES string of the molecule is Cc1ccc(NC(=O)COC(=O)c2cccc(S(=O)(=O)N3c4ccccc4C[C@H]3C)c2)c(C)c1. The van der Waals surface area contributed by atoms with E-state index in [1.165, 1.54) is 28.6 Å². The van der Waals surface area contributed by atoms with E-state index < -0.39 is 28.5 Å². The van der Waals surface area contributed by atoms with Gasteiger partial charge in [0.05, 0.1) is 16.1 Å². The van der Waals surface area contributed by atoms with Gasteiger partial charge in [0.2, 0.25) is 0 Å². The first-order chi connectivity index (χ1) is 16.2. The molecule has 0 unspecified atom stereocenters. The maximum atomic E-state index is 13.4. The number of para-hydroxylation sites is 1. The number of ether oxygens (including phenoxy) is 1. The number of amides is 1. The van der Waals surface area contributed by atoms with Crippen LogP contribution < -0.4 is 9.62 Å². The van der Waals surface area contributed by atoms with Crippen LogP contribution in [0.3, 0.4) is 0 Å². The smallest absolute Gasteiger partial charge is 0.338 e. The number of esters is 1. The largest absolute Gasteiger partial charge is 0.452 e. The third-order valence-electron chi connectivity index (χ3n) is 5.76. The van der Waals surface area contributed by atoms with Crippen molar-refractivity contribution < 1.29 is 22.7 Å². The molecule has 0 spiro atoms. The number of anilines is 2. The van der Waals surface area contributed by atoms with Crippen molar-refractivity contribution in [3.8, 4) is 0 Å². The van der Waals surface area contributed by atoms with E-state index in [0.717, 1.165) is 16.7 Å². The summed E-state index contributed by atoms with van der Waals surface area (Å²) in [5.74, 6) is -1.26. The van der Waals surface area contributed by atoms with Gasteiger partial charge in [-0.1, -0.05) is 42.0 Å². The topological polar surface area (TPSA) is 92.8 Å². The molecule has 3 aromatic rings. The molecule has 0 fully saturated rings. The second-order valence-corrected chi connectivity index (χ2v) is 10.3. The Morgan fingerprint density at radius 3 is 2.56 bits per heavy atom. The molecule has 3 aromatic carbocycles. The fraction of sp³-hybridized carbons (Fsp3) is 0.231. The molecule has 8 heteroatoms. The van der Waals surface area contributed by atoms with Crippen LogP contribution in [0, 0.1) is 13.8 Å². The standard InChI is InChI=1S/C26H26N2O5S/c1-17-11-12-23(18(2)13-17)27-25(29)16-33-26(30)21-8-6-9-22(15-21)34(31,32)28-19(3)14-20-7-4-5-10-24(20)28/h4-13,15,19H,14,16H2,1-3H3,(H,27,29)/t19-/m1/s1. The highest BCUT2D eigenvalue weighted by molar-refractivity contribution is 7.92. The van der Waals surface area contributed by atoms with Crippen LogP contribution in [0.15, 0.2) is 71.6 Å². The summed E-state index contributed by atoms with van der Waals surface area (Å²) in [4.78, 5) is 24.8. The van der Waals surface area contributed by atoms with Crippen molar-refractivity contribution in [3.63, 3.8) is 0 Å². The zero-order valence-corrected chi connectivity index (χ0v) is 20.1. The summed E-state index contributed by atoms with van der Waals surface area (Å²) in [7, 11) is -3.89. The average Bonchev–Trinajstić information content (AvgIpc) is 3.16. The first kappa shape index (κ1) is 23.5. The third kappa shape index (κ3) is 4.68. The van der Waals surface area contributed by atoms with Gasteiger partial charge < -0.3 is 10.1 Å². The lowest BCUT2D eigenvalue weighted by atomic mass is 10.1. The van der Waals surface area contributed by atoms with Gasteiger partial charge in [0.25, 0.3) is 15.9 Å². The quantitative estimate of drug-likeness (QED) is 0.535. The highest BCUT2D eigenvalue weighted by Gasteiger charge is 2.36. The molecule has 1 N–H and O–H groups in total. The molecule has 0 saturated heterocycles. The van der Waals surface area contributed by atoms with E-state index in [1.54, 1.807) is 18.2 Å². The number of hydrogen-bond donors (Lipinski definition) is 1. The van der Waals surface area contributed by atoms with E-state index in [-0.39, 0.29) is 16.5 Å². The monoisotopic (exact) mass is 478 g/mol. The van der Waals surface area contributed by atoms with Crippen molar-refractivity contribution in [3.05, 3.63) is 89.0 Å². The summed E-state index contributed by atoms with van der Waals surface area (Å²) in [5.41, 5.74) is 4.27.